The van der Waals surface area contributed by atoms with Gasteiger partial charge in [-0.15, -0.1) is 0 Å². The van der Waals surface area contributed by atoms with Crippen LogP contribution >= 0.6 is 0 Å². The van der Waals surface area contributed by atoms with E-state index in [1.807, 2.05) is 0 Å². The van der Waals surface area contributed by atoms with Crippen molar-refractivity contribution in [1.82, 2.24) is 21.2 Å². The van der Waals surface area contributed by atoms with E-state index >= 15 is 0 Å². The van der Waals surface area contributed by atoms with Crippen LogP contribution in [0.25, 0.3) is 0 Å². The normalized spacial score (nSPS) is 15.1. The molecule has 3 N–H and O–H groups in total. The van der Waals surface area contributed by atoms with Gasteiger partial charge in [0.15, 0.2) is 0 Å². The highest BCUT2D eigenvalue weighted by Gasteiger charge is 2.29. The Balaban J connectivity index is 2.21. The van der Waals surface area contributed by atoms with Crippen LogP contribution in [0.1, 0.15) is 20.8 Å². The number of nitrogens with zero attached hydrogens (tertiary/aromatic N) is 1. The van der Waals surface area contributed by atoms with Gasteiger partial charge in [0.25, 0.3) is 0 Å². The smallest absolute Gasteiger partial charge is 0.408 e. The maximum atomic E-state index is 11.7. The number of hydroxylamine groups is 2. The van der Waals surface area contributed by atoms with Gasteiger partial charge in [-0.1, -0.05) is 5.23 Å². The summed E-state index contributed by atoms with van der Waals surface area (Å²) in [7, 11) is 0. The number of likely N-dealkylation sites (N-methyl/N-ethyl adjacent to an activating group) is 1. The predicted molar refractivity (Wildman–Crippen MR) is 78.9 cm³/mol. The van der Waals surface area contributed by atoms with Gasteiger partial charge in [0.2, 0.25) is 11.8 Å². The number of amides is 3. The Morgan fingerprint density at radius 1 is 1.04 bits per heavy atom. The van der Waals surface area contributed by atoms with Crippen LogP contribution < -0.4 is 16.0 Å². The van der Waals surface area contributed by atoms with E-state index in [2.05, 4.69) is 16.0 Å². The van der Waals surface area contributed by atoms with Crippen molar-refractivity contribution in [3.8, 4) is 0 Å². The van der Waals surface area contributed by atoms with Crippen LogP contribution in [-0.4, -0.2) is 68.1 Å². The molecule has 0 aromatic rings. The zero-order valence-electron chi connectivity index (χ0n) is 13.6. The highest BCUT2D eigenvalue weighted by atomic mass is 17.0. The van der Waals surface area contributed by atoms with Crippen molar-refractivity contribution in [2.24, 2.45) is 0 Å². The number of rotatable bonds is 8. The molecule has 1 saturated heterocycles. The molecule has 0 unspecified atom stereocenters. The second kappa shape index (κ2) is 9.28. The van der Waals surface area contributed by atoms with Crippen LogP contribution in [0.5, 0.6) is 0 Å². The van der Waals surface area contributed by atoms with Crippen molar-refractivity contribution < 1.29 is 28.8 Å². The lowest BCUT2D eigenvalue weighted by molar-refractivity contribution is -0.313. The van der Waals surface area contributed by atoms with E-state index in [9.17, 15) is 14.4 Å². The lowest BCUT2D eigenvalue weighted by Gasteiger charge is -2.27. The first-order valence-corrected chi connectivity index (χ1v) is 7.36. The van der Waals surface area contributed by atoms with Crippen LogP contribution in [-0.2, 0) is 24.0 Å². The molecule has 10 heteroatoms. The molecule has 0 aromatic heterocycles. The Hall–Kier alpha value is -1.91. The molecule has 0 saturated carbocycles. The minimum Gasteiger partial charge on any atom is -0.442 e. The van der Waals surface area contributed by atoms with Gasteiger partial charge >= 0.3 is 6.09 Å². The topological polar surface area (TPSA) is 118 Å². The fourth-order valence-corrected chi connectivity index (χ4v) is 1.69. The van der Waals surface area contributed by atoms with Crippen molar-refractivity contribution >= 4 is 17.9 Å². The number of hydrogen-bond acceptors (Lipinski definition) is 7. The fourth-order valence-electron chi connectivity index (χ4n) is 1.69. The Kier molecular flexibility index (Phi) is 7.72. The molecule has 0 radical (unpaired) electrons. The summed E-state index contributed by atoms with van der Waals surface area (Å²) in [5.74, 6) is -0.785. The molecule has 1 heterocycles. The summed E-state index contributed by atoms with van der Waals surface area (Å²) >= 11 is 0. The van der Waals surface area contributed by atoms with Gasteiger partial charge in [-0.25, -0.2) is 4.79 Å². The first-order valence-electron chi connectivity index (χ1n) is 7.36. The molecule has 1 aliphatic rings. The van der Waals surface area contributed by atoms with Gasteiger partial charge in [0.1, 0.15) is 12.1 Å². The average Bonchev–Trinajstić information content (AvgIpc) is 2.94. The van der Waals surface area contributed by atoms with Crippen LogP contribution in [0.2, 0.25) is 0 Å². The number of hydrogen-bond donors (Lipinski definition) is 3. The summed E-state index contributed by atoms with van der Waals surface area (Å²) in [6.45, 7) is 6.34. The number of alkyl carbamates (subject to hydrolysis) is 1. The third-order valence-electron chi connectivity index (χ3n) is 2.65. The Morgan fingerprint density at radius 3 is 2.22 bits per heavy atom. The molecule has 0 aromatic carbocycles. The molecule has 1 fully saturated rings. The largest absolute Gasteiger partial charge is 0.442 e. The van der Waals surface area contributed by atoms with Crippen molar-refractivity contribution in [3.63, 3.8) is 0 Å². The quantitative estimate of drug-likeness (QED) is 0.517. The van der Waals surface area contributed by atoms with E-state index in [1.54, 1.807) is 20.8 Å². The zero-order chi connectivity index (χ0) is 17.3. The molecule has 0 bridgehead atoms. The monoisotopic (exact) mass is 332 g/mol. The molecular formula is C13H24N4O6. The second-order valence-electron chi connectivity index (χ2n) is 5.39. The molecule has 0 atom stereocenters. The van der Waals surface area contributed by atoms with Crippen molar-refractivity contribution in [3.05, 3.63) is 0 Å². The highest BCUT2D eigenvalue weighted by Crippen LogP contribution is 2.14. The van der Waals surface area contributed by atoms with Crippen LogP contribution in [0.3, 0.4) is 0 Å². The Labute approximate surface area is 134 Å². The van der Waals surface area contributed by atoms with Gasteiger partial charge in [0.05, 0.1) is 26.3 Å². The number of carbonyl (C=O) groups excluding carboxylic acids is 3. The minimum atomic E-state index is -0.869. The Morgan fingerprint density at radius 2 is 1.61 bits per heavy atom. The fraction of sp³-hybridized carbons (Fsp3) is 0.769. The molecule has 0 spiro atoms. The van der Waals surface area contributed by atoms with Gasteiger partial charge in [-0.3, -0.25) is 19.3 Å². The lowest BCUT2D eigenvalue weighted by atomic mass is 10.1. The minimum absolute atomic E-state index is 0.140. The summed E-state index contributed by atoms with van der Waals surface area (Å²) < 4.78 is 5.20. The Bertz CT molecular complexity index is 423. The molecule has 0 aliphatic carbocycles. The number of ether oxygens (including phenoxy) is 1. The summed E-state index contributed by atoms with van der Waals surface area (Å²) in [5.41, 5.74) is -0.869. The molecule has 10 nitrogen and oxygen atoms in total. The van der Waals surface area contributed by atoms with E-state index in [1.165, 1.54) is 5.23 Å². The third kappa shape index (κ3) is 8.33. The predicted octanol–water partition coefficient (Wildman–Crippen LogP) is -1.08. The maximum absolute atomic E-state index is 11.7. The first-order chi connectivity index (χ1) is 10.8. The molecule has 23 heavy (non-hydrogen) atoms. The summed E-state index contributed by atoms with van der Waals surface area (Å²) in [5, 5.41) is 8.48. The maximum Gasteiger partial charge on any atom is 0.408 e. The molecular weight excluding hydrogens is 308 g/mol. The van der Waals surface area contributed by atoms with Gasteiger partial charge in [-0.05, 0) is 20.8 Å². The molecule has 1 aliphatic heterocycles. The van der Waals surface area contributed by atoms with Gasteiger partial charge < -0.3 is 20.7 Å². The first kappa shape index (κ1) is 19.1. The molecule has 3 amide bonds. The second-order valence-corrected chi connectivity index (χ2v) is 5.39. The van der Waals surface area contributed by atoms with E-state index in [0.717, 1.165) is 0 Å². The van der Waals surface area contributed by atoms with Crippen molar-refractivity contribution in [2.45, 2.75) is 26.4 Å². The lowest BCUT2D eigenvalue weighted by Crippen LogP contribution is -2.45. The van der Waals surface area contributed by atoms with E-state index in [4.69, 9.17) is 14.4 Å². The summed E-state index contributed by atoms with van der Waals surface area (Å²) in [6.07, 6.45) is -0.748. The van der Waals surface area contributed by atoms with E-state index < -0.39 is 17.6 Å². The van der Waals surface area contributed by atoms with E-state index in [-0.39, 0.29) is 25.5 Å². The summed E-state index contributed by atoms with van der Waals surface area (Å²) in [6, 6.07) is 0. The van der Waals surface area contributed by atoms with Crippen LogP contribution in [0.4, 0.5) is 4.79 Å². The standard InChI is InChI=1S/C13H24N4O6/c1-4-14-10(18)7-15-11(19)8-16-12(20)23-13(2,3)9-17-21-5-6-22-17/h4-9H2,1-3H3,(H,14,18)(H,15,19)(H,16,20). The SMILES string of the molecule is CCNC(=O)CNC(=O)CNC(=O)OC(C)(C)CN1OCCO1. The summed E-state index contributed by atoms with van der Waals surface area (Å²) in [4.78, 5) is 44.6. The third-order valence-corrected chi connectivity index (χ3v) is 2.65. The van der Waals surface area contributed by atoms with Crippen LogP contribution in [0, 0.1) is 0 Å². The van der Waals surface area contributed by atoms with Gasteiger partial charge in [-0.2, -0.15) is 0 Å². The average molecular weight is 332 g/mol. The number of nitrogens with one attached hydrogen (secondary N) is 3. The van der Waals surface area contributed by atoms with Crippen molar-refractivity contribution in [2.75, 3.05) is 39.4 Å². The van der Waals surface area contributed by atoms with Gasteiger partial charge in [0, 0.05) is 6.54 Å². The molecule has 1 rings (SSSR count). The van der Waals surface area contributed by atoms with Crippen molar-refractivity contribution in [1.29, 1.82) is 0 Å². The molecule has 132 valence electrons. The van der Waals surface area contributed by atoms with Crippen LogP contribution in [0.15, 0.2) is 0 Å². The van der Waals surface area contributed by atoms with E-state index in [0.29, 0.717) is 19.8 Å². The highest BCUT2D eigenvalue weighted by molar-refractivity contribution is 5.87. The number of carbonyl (C=O) groups is 3. The zero-order valence-corrected chi connectivity index (χ0v) is 13.6.